The molecular weight excluding hydrogens is 201 g/mol. The summed E-state index contributed by atoms with van der Waals surface area (Å²) in [5.41, 5.74) is 0. The van der Waals surface area contributed by atoms with Gasteiger partial charge in [-0.05, 0) is 6.42 Å². The van der Waals surface area contributed by atoms with E-state index in [2.05, 4.69) is 0 Å². The van der Waals surface area contributed by atoms with Crippen molar-refractivity contribution >= 4 is 17.4 Å². The van der Waals surface area contributed by atoms with Gasteiger partial charge in [-0.3, -0.25) is 0 Å². The van der Waals surface area contributed by atoms with Gasteiger partial charge in [0, 0.05) is 0 Å². The van der Waals surface area contributed by atoms with Crippen LogP contribution in [0, 0.1) is 0 Å². The van der Waals surface area contributed by atoms with Crippen LogP contribution in [0.4, 0.5) is 0 Å². The van der Waals surface area contributed by atoms with Crippen LogP contribution in [0.5, 0.6) is 0 Å². The molecule has 0 aliphatic carbocycles. The van der Waals surface area contributed by atoms with Crippen molar-refractivity contribution in [2.24, 2.45) is 0 Å². The molecule has 0 amide bonds. The molecule has 0 aromatic carbocycles. The third kappa shape index (κ3) is 45.3. The number of hydrogen-bond acceptors (Lipinski definition) is 2. The molecule has 0 heterocycles. The maximum atomic E-state index is 7.92. The fraction of sp³-hybridized carbons (Fsp3) is 1.00. The van der Waals surface area contributed by atoms with E-state index in [4.69, 9.17) is 10.2 Å². The number of aliphatic hydroxyl groups excluding tert-OH is 1. The molecule has 2 N–H and O–H groups in total. The second-order valence-corrected chi connectivity index (χ2v) is 0.889. The molecule has 0 rings (SSSR count). The summed E-state index contributed by atoms with van der Waals surface area (Å²) in [5, 5.41) is 15.8. The van der Waals surface area contributed by atoms with Crippen LogP contribution in [-0.2, 0) is 0 Å². The van der Waals surface area contributed by atoms with Crippen molar-refractivity contribution < 1.29 is 47.4 Å². The number of hydrogen-bond donors (Lipinski definition) is 2. The van der Waals surface area contributed by atoms with E-state index in [0.29, 0.717) is 6.42 Å². The minimum Gasteiger partial charge on any atom is -1.00 e. The van der Waals surface area contributed by atoms with Crippen molar-refractivity contribution in [2.75, 3.05) is 0 Å². The van der Waals surface area contributed by atoms with Crippen LogP contribution in [0.1, 0.15) is 13.3 Å². The molecule has 0 fully saturated rings. The van der Waals surface area contributed by atoms with E-state index in [-0.39, 0.29) is 54.6 Å². The molecule has 9 heavy (non-hydrogen) atoms. The summed E-state index contributed by atoms with van der Waals surface area (Å²) in [6.45, 7) is 1.70. The average molecular weight is 209 g/mol. The number of aliphatic hydroxyl groups is 2. The van der Waals surface area contributed by atoms with Crippen molar-refractivity contribution in [1.82, 2.24) is 0 Å². The summed E-state index contributed by atoms with van der Waals surface area (Å²) in [7, 11) is 0. The van der Waals surface area contributed by atoms with Crippen molar-refractivity contribution in [3.05, 3.63) is 0 Å². The molecule has 0 spiro atoms. The molecule has 0 atom stereocenters. The fourth-order valence-corrected chi connectivity index (χ4v) is 0. The molecule has 0 aromatic heterocycles. The first-order valence-electron chi connectivity index (χ1n) is 1.63. The molecule has 0 unspecified atom stereocenters. The molecule has 6 heteroatoms. The smallest absolute Gasteiger partial charge is 1.00 e. The normalized spacial score (nSPS) is 5.33. The quantitative estimate of drug-likeness (QED) is 0.333. The molecule has 0 aromatic rings. The summed E-state index contributed by atoms with van der Waals surface area (Å²) >= 11 is 0. The van der Waals surface area contributed by atoms with Crippen molar-refractivity contribution in [3.63, 3.8) is 0 Å². The summed E-state index contributed by atoms with van der Waals surface area (Å²) in [4.78, 5) is 0. The first kappa shape index (κ1) is 31.7. The van der Waals surface area contributed by atoms with Crippen LogP contribution in [-0.4, -0.2) is 33.9 Å². The zero-order chi connectivity index (χ0) is 4.28. The topological polar surface area (TPSA) is 40.5 Å². The van der Waals surface area contributed by atoms with Gasteiger partial charge in [0.2, 0.25) is 0 Å². The maximum Gasteiger partial charge on any atom is 3.00 e. The van der Waals surface area contributed by atoms with Crippen LogP contribution in [0.3, 0.4) is 0 Å². The Morgan fingerprint density at radius 1 is 1.11 bits per heavy atom. The third-order valence-corrected chi connectivity index (χ3v) is 0.365. The van der Waals surface area contributed by atoms with Gasteiger partial charge in [-0.1, -0.05) is 6.92 Å². The van der Waals surface area contributed by atoms with Gasteiger partial charge in [0.05, 0.1) is 0 Å². The Balaban J connectivity index is -0.0000000133. The molecule has 0 aliphatic rings. The summed E-state index contributed by atoms with van der Waals surface area (Å²) in [5.74, 6) is 0. The van der Waals surface area contributed by atoms with Gasteiger partial charge in [0.1, 0.15) is 0 Å². The summed E-state index contributed by atoms with van der Waals surface area (Å²) in [6.07, 6.45) is -0.699. The Kier molecular flexibility index (Phi) is 80.2. The molecule has 0 saturated carbocycles. The van der Waals surface area contributed by atoms with Gasteiger partial charge >= 0.3 is 17.4 Å². The van der Waals surface area contributed by atoms with Gasteiger partial charge in [-0.15, -0.1) is 0 Å². The Hall–Kier alpha value is 1.32. The Morgan fingerprint density at radius 3 is 1.22 bits per heavy atom. The van der Waals surface area contributed by atoms with Crippen molar-refractivity contribution in [1.29, 1.82) is 0 Å². The van der Waals surface area contributed by atoms with E-state index in [1.165, 1.54) is 0 Å². The summed E-state index contributed by atoms with van der Waals surface area (Å²) in [6, 6.07) is 0. The van der Waals surface area contributed by atoms with E-state index in [0.717, 1.165) is 0 Å². The van der Waals surface area contributed by atoms with E-state index in [9.17, 15) is 0 Å². The predicted octanol–water partition coefficient (Wildman–Crippen LogP) is -9.66. The van der Waals surface area contributed by atoms with Crippen LogP contribution < -0.4 is 37.2 Å². The monoisotopic (exact) mass is 208 g/mol. The fourth-order valence-electron chi connectivity index (χ4n) is 0. The molecule has 0 saturated heterocycles. The Labute approximate surface area is 84.4 Å². The summed E-state index contributed by atoms with van der Waals surface area (Å²) < 4.78 is 0. The minimum absolute atomic E-state index is 0. The first-order chi connectivity index (χ1) is 2.27. The second-order valence-electron chi connectivity index (χ2n) is 0.889. The number of rotatable bonds is 1. The van der Waals surface area contributed by atoms with Crippen molar-refractivity contribution in [2.45, 2.75) is 19.6 Å². The largest absolute Gasteiger partial charge is 3.00 e. The van der Waals surface area contributed by atoms with Gasteiger partial charge in [-0.2, -0.15) is 0 Å². The second kappa shape index (κ2) is 22.8. The van der Waals surface area contributed by atoms with Crippen LogP contribution in [0.15, 0.2) is 0 Å². The van der Waals surface area contributed by atoms with Gasteiger partial charge in [0.15, 0.2) is 6.29 Å². The van der Waals surface area contributed by atoms with Crippen LogP contribution >= 0.6 is 0 Å². The third-order valence-electron chi connectivity index (χ3n) is 0.365. The first-order valence-corrected chi connectivity index (χ1v) is 1.63. The Morgan fingerprint density at radius 2 is 1.22 bits per heavy atom. The zero-order valence-corrected chi connectivity index (χ0v) is 8.31. The van der Waals surface area contributed by atoms with Gasteiger partial charge in [-0.25, -0.2) is 0 Å². The number of halogens is 3. The molecule has 0 radical (unpaired) electrons. The maximum absolute atomic E-state index is 7.92. The molecule has 0 bridgehead atoms. The average Bonchev–Trinajstić information content (AvgIpc) is 1.38. The molecule has 0 aliphatic heterocycles. The van der Waals surface area contributed by atoms with E-state index < -0.39 is 6.29 Å². The predicted molar refractivity (Wildman–Crippen MR) is 24.3 cm³/mol. The van der Waals surface area contributed by atoms with E-state index in [1.807, 2.05) is 0 Å². The standard InChI is InChI=1S/C3H8O2.Al.3ClH/c1-2-3(4)5;;;;/h3-5H,2H2,1H3;;3*1H/q;+3;;;/p-3. The minimum atomic E-state index is -1.12. The molecular formula is C3H8AlCl3O2. The van der Waals surface area contributed by atoms with Crippen LogP contribution in [0.25, 0.3) is 0 Å². The van der Waals surface area contributed by atoms with E-state index >= 15 is 0 Å². The Bertz CT molecular complexity index is 31.0. The van der Waals surface area contributed by atoms with Crippen molar-refractivity contribution in [3.8, 4) is 0 Å². The van der Waals surface area contributed by atoms with Crippen LogP contribution in [0.2, 0.25) is 0 Å². The molecule has 56 valence electrons. The SMILES string of the molecule is CCC(O)O.[Al+3].[Cl-].[Cl-].[Cl-]. The van der Waals surface area contributed by atoms with Gasteiger partial charge < -0.3 is 47.4 Å². The molecule has 2 nitrogen and oxygen atoms in total. The van der Waals surface area contributed by atoms with Gasteiger partial charge in [0.25, 0.3) is 0 Å². The zero-order valence-electron chi connectivity index (χ0n) is 4.89. The van der Waals surface area contributed by atoms with E-state index in [1.54, 1.807) is 6.92 Å².